The number of hydrogen-bond acceptors (Lipinski definition) is 5. The van der Waals surface area contributed by atoms with Gasteiger partial charge in [0, 0.05) is 40.3 Å². The van der Waals surface area contributed by atoms with Gasteiger partial charge in [0.2, 0.25) is 12.7 Å². The molecule has 3 aromatic rings. The van der Waals surface area contributed by atoms with E-state index in [2.05, 4.69) is 15.2 Å². The van der Waals surface area contributed by atoms with Crippen LogP contribution in [-0.4, -0.2) is 47.5 Å². The van der Waals surface area contributed by atoms with Crippen molar-refractivity contribution in [3.8, 4) is 11.5 Å². The zero-order valence-electron chi connectivity index (χ0n) is 17.4. The highest BCUT2D eigenvalue weighted by Crippen LogP contribution is 2.34. The molecule has 0 aliphatic carbocycles. The number of nitrogens with zero attached hydrogens (tertiary/aromatic N) is 1. The van der Waals surface area contributed by atoms with Crippen molar-refractivity contribution in [2.45, 2.75) is 25.8 Å². The molecule has 2 aliphatic rings. The summed E-state index contributed by atoms with van der Waals surface area (Å²) in [6.07, 6.45) is 3.25. The average molecular weight is 419 g/mol. The molecule has 31 heavy (non-hydrogen) atoms. The molecule has 7 heteroatoms. The molecule has 0 bridgehead atoms. The lowest BCUT2D eigenvalue weighted by Gasteiger charge is -2.34. The van der Waals surface area contributed by atoms with Crippen molar-refractivity contribution < 1.29 is 19.1 Å². The number of aromatic amines is 1. The maximum Gasteiger partial charge on any atom is 0.231 e. The van der Waals surface area contributed by atoms with Crippen molar-refractivity contribution in [3.63, 3.8) is 0 Å². The van der Waals surface area contributed by atoms with E-state index in [0.29, 0.717) is 30.3 Å². The number of aromatic nitrogens is 1. The molecule has 2 aliphatic heterocycles. The maximum atomic E-state index is 13.1. The van der Waals surface area contributed by atoms with E-state index < -0.39 is 0 Å². The van der Waals surface area contributed by atoms with Crippen molar-refractivity contribution in [3.05, 3.63) is 54.2 Å². The Morgan fingerprint density at radius 3 is 2.71 bits per heavy atom. The third-order valence-corrected chi connectivity index (χ3v) is 6.32. The van der Waals surface area contributed by atoms with Crippen molar-refractivity contribution in [1.82, 2.24) is 9.88 Å². The van der Waals surface area contributed by atoms with E-state index in [0.717, 1.165) is 29.3 Å². The number of likely N-dealkylation sites (tertiary alicyclic amines) is 1. The molecule has 1 fully saturated rings. The second kappa shape index (κ2) is 8.07. The van der Waals surface area contributed by atoms with Crippen LogP contribution < -0.4 is 14.8 Å². The van der Waals surface area contributed by atoms with Crippen LogP contribution in [0, 0.1) is 5.92 Å². The molecule has 0 radical (unpaired) electrons. The maximum absolute atomic E-state index is 13.1. The molecule has 0 saturated carbocycles. The minimum atomic E-state index is -0.225. The lowest BCUT2D eigenvalue weighted by Crippen LogP contribution is -2.45. The second-order valence-electron chi connectivity index (χ2n) is 8.16. The van der Waals surface area contributed by atoms with Crippen LogP contribution >= 0.6 is 0 Å². The number of piperidine rings is 1. The summed E-state index contributed by atoms with van der Waals surface area (Å²) in [7, 11) is 0. The lowest BCUT2D eigenvalue weighted by atomic mass is 9.93. The summed E-state index contributed by atoms with van der Waals surface area (Å²) >= 11 is 0. The van der Waals surface area contributed by atoms with Crippen molar-refractivity contribution in [1.29, 1.82) is 0 Å². The highest BCUT2D eigenvalue weighted by molar-refractivity contribution is 6.10. The molecular weight excluding hydrogens is 394 g/mol. The van der Waals surface area contributed by atoms with Gasteiger partial charge in [0.25, 0.3) is 0 Å². The number of Topliss-reactive ketones (excluding diaryl/α,β-unsaturated/α-hetero) is 1. The topological polar surface area (TPSA) is 83.7 Å². The van der Waals surface area contributed by atoms with Crippen molar-refractivity contribution in [2.24, 2.45) is 5.92 Å². The number of anilines is 1. The third-order valence-electron chi connectivity index (χ3n) is 6.32. The Morgan fingerprint density at radius 2 is 1.87 bits per heavy atom. The van der Waals surface area contributed by atoms with Gasteiger partial charge in [0.05, 0.1) is 6.04 Å². The SMILES string of the molecule is C[C@@H](C(=O)c1c[nH]c2ccccc12)N1CCC(C(=O)Nc2ccc3c(c2)OCO3)CC1. The van der Waals surface area contributed by atoms with Gasteiger partial charge in [-0.15, -0.1) is 0 Å². The fraction of sp³-hybridized carbons (Fsp3) is 0.333. The molecular formula is C24H25N3O4. The van der Waals surface area contributed by atoms with Gasteiger partial charge < -0.3 is 19.8 Å². The van der Waals surface area contributed by atoms with Crippen LogP contribution in [0.25, 0.3) is 10.9 Å². The number of amides is 1. The van der Waals surface area contributed by atoms with Crippen LogP contribution in [-0.2, 0) is 4.79 Å². The summed E-state index contributed by atoms with van der Waals surface area (Å²) in [5.41, 5.74) is 2.40. The van der Waals surface area contributed by atoms with Crippen LogP contribution in [0.3, 0.4) is 0 Å². The van der Waals surface area contributed by atoms with E-state index >= 15 is 0 Å². The summed E-state index contributed by atoms with van der Waals surface area (Å²) in [4.78, 5) is 31.2. The Balaban J connectivity index is 1.19. The van der Waals surface area contributed by atoms with Crippen LogP contribution in [0.5, 0.6) is 11.5 Å². The Bertz CT molecular complexity index is 1130. The molecule has 0 spiro atoms. The number of benzene rings is 2. The molecule has 2 aromatic carbocycles. The smallest absolute Gasteiger partial charge is 0.231 e. The van der Waals surface area contributed by atoms with Crippen LogP contribution in [0.15, 0.2) is 48.7 Å². The predicted molar refractivity (Wildman–Crippen MR) is 118 cm³/mol. The van der Waals surface area contributed by atoms with Gasteiger partial charge in [-0.3, -0.25) is 14.5 Å². The first-order valence-corrected chi connectivity index (χ1v) is 10.6. The highest BCUT2D eigenvalue weighted by Gasteiger charge is 2.31. The standard InChI is InChI=1S/C24H25N3O4/c1-15(23(28)19-13-25-20-5-3-2-4-18(19)20)27-10-8-16(9-11-27)24(29)26-17-6-7-21-22(12-17)31-14-30-21/h2-7,12-13,15-16,25H,8-11,14H2,1H3,(H,26,29)/t15-/m0/s1. The van der Waals surface area contributed by atoms with E-state index in [4.69, 9.17) is 9.47 Å². The number of hydrogen-bond donors (Lipinski definition) is 2. The van der Waals surface area contributed by atoms with E-state index in [1.54, 1.807) is 18.3 Å². The fourth-order valence-electron chi connectivity index (χ4n) is 4.43. The zero-order chi connectivity index (χ0) is 21.4. The van der Waals surface area contributed by atoms with Gasteiger partial charge in [-0.05, 0) is 51.1 Å². The minimum absolute atomic E-state index is 0.00845. The number of carbonyl (C=O) groups excluding carboxylic acids is 2. The van der Waals surface area contributed by atoms with Gasteiger partial charge in [-0.25, -0.2) is 0 Å². The van der Waals surface area contributed by atoms with Crippen LogP contribution in [0.4, 0.5) is 5.69 Å². The largest absolute Gasteiger partial charge is 0.454 e. The van der Waals surface area contributed by atoms with Gasteiger partial charge in [0.15, 0.2) is 17.3 Å². The minimum Gasteiger partial charge on any atom is -0.454 e. The zero-order valence-corrected chi connectivity index (χ0v) is 17.4. The van der Waals surface area contributed by atoms with E-state index in [-0.39, 0.29) is 30.4 Å². The van der Waals surface area contributed by atoms with Gasteiger partial charge in [-0.1, -0.05) is 18.2 Å². The number of para-hydroxylation sites is 1. The van der Waals surface area contributed by atoms with Crippen LogP contribution in [0.2, 0.25) is 0 Å². The van der Waals surface area contributed by atoms with Gasteiger partial charge >= 0.3 is 0 Å². The quantitative estimate of drug-likeness (QED) is 0.615. The van der Waals surface area contributed by atoms with E-state index in [9.17, 15) is 9.59 Å². The normalized spacial score (nSPS) is 17.6. The number of rotatable bonds is 5. The van der Waals surface area contributed by atoms with E-state index in [1.807, 2.05) is 37.3 Å². The Kier molecular flexibility index (Phi) is 5.11. The molecule has 1 saturated heterocycles. The molecule has 1 amide bonds. The molecule has 1 aromatic heterocycles. The summed E-state index contributed by atoms with van der Waals surface area (Å²) in [6, 6.07) is 13.0. The van der Waals surface area contributed by atoms with Crippen LogP contribution in [0.1, 0.15) is 30.1 Å². The Labute approximate surface area is 180 Å². The molecule has 5 rings (SSSR count). The molecule has 2 N–H and O–H groups in total. The Hall–Kier alpha value is -3.32. The first kappa shape index (κ1) is 19.6. The monoisotopic (exact) mass is 419 g/mol. The van der Waals surface area contributed by atoms with Crippen molar-refractivity contribution in [2.75, 3.05) is 25.2 Å². The second-order valence-corrected chi connectivity index (χ2v) is 8.16. The summed E-state index contributed by atoms with van der Waals surface area (Å²) in [5.74, 6) is 1.39. The molecule has 0 unspecified atom stereocenters. The third kappa shape index (κ3) is 3.77. The number of fused-ring (bicyclic) bond motifs is 2. The van der Waals surface area contributed by atoms with Gasteiger partial charge in [0.1, 0.15) is 0 Å². The number of H-pyrrole nitrogens is 1. The Morgan fingerprint density at radius 1 is 1.10 bits per heavy atom. The molecule has 1 atom stereocenters. The number of nitrogens with one attached hydrogen (secondary N) is 2. The lowest BCUT2D eigenvalue weighted by molar-refractivity contribution is -0.121. The summed E-state index contributed by atoms with van der Waals surface area (Å²) < 4.78 is 10.7. The number of carbonyl (C=O) groups is 2. The first-order chi connectivity index (χ1) is 15.1. The van der Waals surface area contributed by atoms with Gasteiger partial charge in [-0.2, -0.15) is 0 Å². The number of ether oxygens (including phenoxy) is 2. The average Bonchev–Trinajstić information content (AvgIpc) is 3.45. The summed E-state index contributed by atoms with van der Waals surface area (Å²) in [5, 5.41) is 3.94. The highest BCUT2D eigenvalue weighted by atomic mass is 16.7. The number of ketones is 1. The van der Waals surface area contributed by atoms with E-state index in [1.165, 1.54) is 0 Å². The molecule has 160 valence electrons. The fourth-order valence-corrected chi connectivity index (χ4v) is 4.43. The predicted octanol–water partition coefficient (Wildman–Crippen LogP) is 3.82. The first-order valence-electron chi connectivity index (χ1n) is 10.6. The molecule has 7 nitrogen and oxygen atoms in total. The van der Waals surface area contributed by atoms with Crippen molar-refractivity contribution >= 4 is 28.3 Å². The molecule has 3 heterocycles. The summed E-state index contributed by atoms with van der Waals surface area (Å²) in [6.45, 7) is 3.60.